The lowest BCUT2D eigenvalue weighted by Gasteiger charge is -2.04. The number of carbonyl (C=O) groups excluding carboxylic acids is 1. The van der Waals surface area contributed by atoms with E-state index in [-0.39, 0.29) is 11.3 Å². The van der Waals surface area contributed by atoms with Gasteiger partial charge in [-0.05, 0) is 12.1 Å². The van der Waals surface area contributed by atoms with Crippen LogP contribution >= 0.6 is 0 Å². The van der Waals surface area contributed by atoms with E-state index in [4.69, 9.17) is 10.4 Å². The largest absolute Gasteiger partial charge is 0.478 e. The monoisotopic (exact) mass is 208 g/mol. The molecule has 78 valence electrons. The molecule has 1 aromatic rings. The molecule has 0 amide bonds. The zero-order valence-electron chi connectivity index (χ0n) is 7.64. The topological polar surface area (TPSA) is 83.8 Å². The second kappa shape index (κ2) is 4.39. The molecule has 1 aromatic carbocycles. The number of hydrogen-bond donors (Lipinski definition) is 2. The predicted molar refractivity (Wildman–Crippen MR) is 50.8 cm³/mol. The molecule has 0 spiro atoms. The van der Waals surface area contributed by atoms with Gasteiger partial charge in [0, 0.05) is 0 Å². The van der Waals surface area contributed by atoms with E-state index in [1.54, 1.807) is 0 Å². The summed E-state index contributed by atoms with van der Waals surface area (Å²) in [5, 5.41) is 17.0. The van der Waals surface area contributed by atoms with E-state index >= 15 is 0 Å². The smallest absolute Gasteiger partial charge is 0.339 e. The minimum absolute atomic E-state index is 0.0487. The molecule has 0 fully saturated rings. The van der Waals surface area contributed by atoms with Crippen molar-refractivity contribution in [3.63, 3.8) is 0 Å². The highest BCUT2D eigenvalue weighted by Gasteiger charge is 2.20. The van der Waals surface area contributed by atoms with Crippen molar-refractivity contribution in [3.8, 4) is 5.75 Å². The van der Waals surface area contributed by atoms with Gasteiger partial charge < -0.3 is 9.99 Å². The van der Waals surface area contributed by atoms with Crippen LogP contribution in [0.1, 0.15) is 10.4 Å². The summed E-state index contributed by atoms with van der Waals surface area (Å²) in [6.45, 7) is 3.12. The first-order valence-corrected chi connectivity index (χ1v) is 3.95. The lowest BCUT2D eigenvalue weighted by atomic mass is 10.0. The second-order valence-corrected chi connectivity index (χ2v) is 2.70. The third kappa shape index (κ3) is 2.21. The van der Waals surface area contributed by atoms with Crippen molar-refractivity contribution in [1.82, 2.24) is 0 Å². The minimum Gasteiger partial charge on any atom is -0.478 e. The molecule has 0 aliphatic rings. The fourth-order valence-corrected chi connectivity index (χ4v) is 0.994. The molecule has 0 heterocycles. The second-order valence-electron chi connectivity index (χ2n) is 2.70. The lowest BCUT2D eigenvalue weighted by Crippen LogP contribution is -2.12. The van der Waals surface area contributed by atoms with Gasteiger partial charge in [-0.15, -0.1) is 0 Å². The van der Waals surface area contributed by atoms with E-state index in [0.717, 1.165) is 0 Å². The number of hydrogen-bond acceptors (Lipinski definition) is 4. The molecule has 0 atom stereocenters. The van der Waals surface area contributed by atoms with Gasteiger partial charge in [-0.3, -0.25) is 4.79 Å². The third-order valence-corrected chi connectivity index (χ3v) is 1.76. The average molecular weight is 208 g/mol. The van der Waals surface area contributed by atoms with Gasteiger partial charge in [0.15, 0.2) is 5.75 Å². The zero-order chi connectivity index (χ0) is 11.4. The molecular weight excluding hydrogens is 200 g/mol. The Bertz CT molecular complexity index is 422. The molecule has 0 radical (unpaired) electrons. The van der Waals surface area contributed by atoms with Crippen LogP contribution in [0.3, 0.4) is 0 Å². The Morgan fingerprint density at radius 2 is 1.87 bits per heavy atom. The van der Waals surface area contributed by atoms with E-state index in [2.05, 4.69) is 11.5 Å². The van der Waals surface area contributed by atoms with Crippen LogP contribution in [-0.4, -0.2) is 22.1 Å². The SMILES string of the molecule is C=C(C(=O)O)C(=O)c1ccccc1OO. The Morgan fingerprint density at radius 3 is 2.40 bits per heavy atom. The molecular formula is C10H8O5. The van der Waals surface area contributed by atoms with Crippen LogP contribution in [0.25, 0.3) is 0 Å². The molecule has 15 heavy (non-hydrogen) atoms. The lowest BCUT2D eigenvalue weighted by molar-refractivity contribution is -0.138. The van der Waals surface area contributed by atoms with Gasteiger partial charge in [0.05, 0.1) is 5.56 Å². The van der Waals surface area contributed by atoms with Crippen LogP contribution in [0.15, 0.2) is 36.4 Å². The van der Waals surface area contributed by atoms with Crippen LogP contribution in [-0.2, 0) is 4.79 Å². The average Bonchev–Trinajstić information content (AvgIpc) is 2.26. The van der Waals surface area contributed by atoms with Crippen LogP contribution < -0.4 is 4.89 Å². The Labute approximate surface area is 85.2 Å². The Hall–Kier alpha value is -2.14. The highest BCUT2D eigenvalue weighted by Crippen LogP contribution is 2.20. The van der Waals surface area contributed by atoms with E-state index in [1.165, 1.54) is 24.3 Å². The molecule has 0 aliphatic carbocycles. The fourth-order valence-electron chi connectivity index (χ4n) is 0.994. The molecule has 0 bridgehead atoms. The number of Topliss-reactive ketones (excluding diaryl/α,β-unsaturated/α-hetero) is 1. The Morgan fingerprint density at radius 1 is 1.27 bits per heavy atom. The first-order valence-electron chi connectivity index (χ1n) is 3.95. The van der Waals surface area contributed by atoms with E-state index in [9.17, 15) is 9.59 Å². The predicted octanol–water partition coefficient (Wildman–Crippen LogP) is 1.36. The highest BCUT2D eigenvalue weighted by molar-refractivity contribution is 6.24. The maximum absolute atomic E-state index is 11.5. The van der Waals surface area contributed by atoms with Gasteiger partial charge in [-0.2, -0.15) is 0 Å². The Kier molecular flexibility index (Phi) is 3.20. The maximum Gasteiger partial charge on any atom is 0.339 e. The Balaban J connectivity index is 3.11. The normalized spacial score (nSPS) is 9.40. The molecule has 5 heteroatoms. The molecule has 5 nitrogen and oxygen atoms in total. The number of rotatable bonds is 4. The third-order valence-electron chi connectivity index (χ3n) is 1.76. The highest BCUT2D eigenvalue weighted by atomic mass is 17.1. The first kappa shape index (κ1) is 10.9. The van der Waals surface area contributed by atoms with Crippen molar-refractivity contribution in [3.05, 3.63) is 42.0 Å². The number of ketones is 1. The van der Waals surface area contributed by atoms with Gasteiger partial charge in [-0.25, -0.2) is 10.1 Å². The summed E-state index contributed by atoms with van der Waals surface area (Å²) in [5.74, 6) is -2.32. The van der Waals surface area contributed by atoms with Crippen molar-refractivity contribution in [2.24, 2.45) is 0 Å². The summed E-state index contributed by atoms with van der Waals surface area (Å²) in [7, 11) is 0. The van der Waals surface area contributed by atoms with Gasteiger partial charge in [-0.1, -0.05) is 18.7 Å². The summed E-state index contributed by atoms with van der Waals surface area (Å²) in [6.07, 6.45) is 0. The van der Waals surface area contributed by atoms with E-state index < -0.39 is 17.3 Å². The summed E-state index contributed by atoms with van der Waals surface area (Å²) < 4.78 is 0. The van der Waals surface area contributed by atoms with Crippen LogP contribution in [0.5, 0.6) is 5.75 Å². The fraction of sp³-hybridized carbons (Fsp3) is 0. The number of aliphatic carboxylic acids is 1. The summed E-state index contributed by atoms with van der Waals surface area (Å²) in [5.41, 5.74) is -0.632. The summed E-state index contributed by atoms with van der Waals surface area (Å²) >= 11 is 0. The number of benzene rings is 1. The van der Waals surface area contributed by atoms with Crippen LogP contribution in [0.4, 0.5) is 0 Å². The van der Waals surface area contributed by atoms with Gasteiger partial charge in [0.25, 0.3) is 0 Å². The van der Waals surface area contributed by atoms with Crippen LogP contribution in [0, 0.1) is 0 Å². The molecule has 0 aliphatic heterocycles. The molecule has 0 saturated heterocycles. The van der Waals surface area contributed by atoms with Gasteiger partial charge in [0.1, 0.15) is 5.57 Å². The number of para-hydroxylation sites is 1. The maximum atomic E-state index is 11.5. The quantitative estimate of drug-likeness (QED) is 0.195. The molecule has 1 rings (SSSR count). The van der Waals surface area contributed by atoms with Crippen molar-refractivity contribution < 1.29 is 24.8 Å². The first-order chi connectivity index (χ1) is 7.07. The molecule has 0 saturated carbocycles. The zero-order valence-corrected chi connectivity index (χ0v) is 7.64. The summed E-state index contributed by atoms with van der Waals surface area (Å²) in [4.78, 5) is 25.9. The summed E-state index contributed by atoms with van der Waals surface area (Å²) in [6, 6.07) is 5.72. The number of carbonyl (C=O) groups is 2. The van der Waals surface area contributed by atoms with E-state index in [1.807, 2.05) is 0 Å². The molecule has 0 unspecified atom stereocenters. The van der Waals surface area contributed by atoms with Crippen molar-refractivity contribution >= 4 is 11.8 Å². The minimum atomic E-state index is -1.41. The number of carboxylic acid groups (broad SMARTS) is 1. The standard InChI is InChI=1S/C10H8O5/c1-6(10(12)13)9(11)7-4-2-3-5-8(7)15-14/h2-5,14H,1H2,(H,12,13). The molecule has 2 N–H and O–H groups in total. The van der Waals surface area contributed by atoms with Crippen molar-refractivity contribution in [2.45, 2.75) is 0 Å². The van der Waals surface area contributed by atoms with Crippen molar-refractivity contribution in [2.75, 3.05) is 0 Å². The van der Waals surface area contributed by atoms with E-state index in [0.29, 0.717) is 0 Å². The molecule has 0 aromatic heterocycles. The van der Waals surface area contributed by atoms with Gasteiger partial charge >= 0.3 is 5.97 Å². The van der Waals surface area contributed by atoms with Gasteiger partial charge in [0.2, 0.25) is 5.78 Å². The van der Waals surface area contributed by atoms with Crippen molar-refractivity contribution in [1.29, 1.82) is 0 Å². The van der Waals surface area contributed by atoms with Crippen LogP contribution in [0.2, 0.25) is 0 Å². The number of carboxylic acids is 1.